The van der Waals surface area contributed by atoms with E-state index in [0.29, 0.717) is 22.9 Å². The van der Waals surface area contributed by atoms with Crippen molar-refractivity contribution in [1.82, 2.24) is 10.3 Å². The van der Waals surface area contributed by atoms with Crippen LogP contribution in [0.1, 0.15) is 54.9 Å². The minimum absolute atomic E-state index is 0.174. The molecule has 0 aliphatic carbocycles. The highest BCUT2D eigenvalue weighted by Gasteiger charge is 2.23. The molecule has 2 unspecified atom stereocenters. The topological polar surface area (TPSA) is 88.5 Å². The smallest absolute Gasteiger partial charge is 0.326 e. The van der Waals surface area contributed by atoms with E-state index in [2.05, 4.69) is 10.3 Å². The van der Waals surface area contributed by atoms with Crippen molar-refractivity contribution in [2.24, 2.45) is 5.92 Å². The standard InChI is InChI=1S/C14H22N2O4S/c1-5-20-9(4)13-15-7-11(21-13)12(17)16-10(14(18)19)6-8(2)3/h7-10H,5-6H2,1-4H3,(H,16,17)(H,18,19). The van der Waals surface area contributed by atoms with Crippen LogP contribution >= 0.6 is 11.3 Å². The number of carbonyl (C=O) groups is 2. The summed E-state index contributed by atoms with van der Waals surface area (Å²) < 4.78 is 5.41. The van der Waals surface area contributed by atoms with E-state index in [1.165, 1.54) is 17.5 Å². The Morgan fingerprint density at radius 2 is 2.10 bits per heavy atom. The molecule has 0 aliphatic rings. The Morgan fingerprint density at radius 3 is 2.62 bits per heavy atom. The Morgan fingerprint density at radius 1 is 1.43 bits per heavy atom. The first-order valence-corrected chi connectivity index (χ1v) is 7.77. The van der Waals surface area contributed by atoms with Gasteiger partial charge < -0.3 is 15.2 Å². The number of amides is 1. The molecule has 21 heavy (non-hydrogen) atoms. The van der Waals surface area contributed by atoms with Gasteiger partial charge in [-0.25, -0.2) is 9.78 Å². The highest BCUT2D eigenvalue weighted by atomic mass is 32.1. The number of aromatic nitrogens is 1. The highest BCUT2D eigenvalue weighted by Crippen LogP contribution is 2.22. The van der Waals surface area contributed by atoms with Gasteiger partial charge in [0.15, 0.2) is 0 Å². The number of nitrogens with one attached hydrogen (secondary N) is 1. The molecule has 0 saturated carbocycles. The van der Waals surface area contributed by atoms with E-state index < -0.39 is 17.9 Å². The van der Waals surface area contributed by atoms with Crippen LogP contribution in [0.4, 0.5) is 0 Å². The zero-order valence-electron chi connectivity index (χ0n) is 12.8. The summed E-state index contributed by atoms with van der Waals surface area (Å²) in [4.78, 5) is 27.8. The number of thiazole rings is 1. The average Bonchev–Trinajstić information content (AvgIpc) is 2.87. The zero-order valence-corrected chi connectivity index (χ0v) is 13.6. The fourth-order valence-electron chi connectivity index (χ4n) is 1.82. The first-order valence-electron chi connectivity index (χ1n) is 6.96. The molecule has 1 heterocycles. The van der Waals surface area contributed by atoms with E-state index in [4.69, 9.17) is 9.84 Å². The van der Waals surface area contributed by atoms with E-state index in [9.17, 15) is 9.59 Å². The molecule has 6 nitrogen and oxygen atoms in total. The van der Waals surface area contributed by atoms with Gasteiger partial charge >= 0.3 is 5.97 Å². The van der Waals surface area contributed by atoms with Gasteiger partial charge in [-0.3, -0.25) is 4.79 Å². The van der Waals surface area contributed by atoms with Crippen LogP contribution in [0.3, 0.4) is 0 Å². The second kappa shape index (κ2) is 8.09. The molecule has 2 atom stereocenters. The van der Waals surface area contributed by atoms with Gasteiger partial charge in [0.2, 0.25) is 0 Å². The first kappa shape index (κ1) is 17.6. The van der Waals surface area contributed by atoms with Crippen molar-refractivity contribution in [3.63, 3.8) is 0 Å². The number of aliphatic carboxylic acids is 1. The van der Waals surface area contributed by atoms with Crippen LogP contribution in [0.15, 0.2) is 6.20 Å². The fourth-order valence-corrected chi connectivity index (χ4v) is 2.65. The molecule has 1 amide bonds. The van der Waals surface area contributed by atoms with Crippen molar-refractivity contribution in [2.75, 3.05) is 6.61 Å². The summed E-state index contributed by atoms with van der Waals surface area (Å²) >= 11 is 1.22. The number of rotatable bonds is 8. The fraction of sp³-hybridized carbons (Fsp3) is 0.643. The number of carboxylic acids is 1. The third-order valence-electron chi connectivity index (χ3n) is 2.82. The Labute approximate surface area is 128 Å². The maximum atomic E-state index is 12.1. The van der Waals surface area contributed by atoms with Gasteiger partial charge in [0.1, 0.15) is 22.0 Å². The number of hydrogen-bond donors (Lipinski definition) is 2. The summed E-state index contributed by atoms with van der Waals surface area (Å²) in [6.45, 7) is 8.15. The molecule has 1 aromatic rings. The molecular formula is C14H22N2O4S. The van der Waals surface area contributed by atoms with Gasteiger partial charge in [0, 0.05) is 6.61 Å². The monoisotopic (exact) mass is 314 g/mol. The van der Waals surface area contributed by atoms with Gasteiger partial charge in [0.05, 0.1) is 6.20 Å². The molecule has 1 rings (SSSR count). The highest BCUT2D eigenvalue weighted by molar-refractivity contribution is 7.13. The number of hydrogen-bond acceptors (Lipinski definition) is 5. The molecule has 0 radical (unpaired) electrons. The van der Waals surface area contributed by atoms with Crippen LogP contribution in [0.2, 0.25) is 0 Å². The zero-order chi connectivity index (χ0) is 16.0. The molecule has 0 saturated heterocycles. The second-order valence-corrected chi connectivity index (χ2v) is 6.22. The average molecular weight is 314 g/mol. The van der Waals surface area contributed by atoms with Crippen LogP contribution < -0.4 is 5.32 Å². The Bertz CT molecular complexity index is 487. The van der Waals surface area contributed by atoms with Crippen LogP contribution in [-0.4, -0.2) is 34.6 Å². The third kappa shape index (κ3) is 5.43. The summed E-state index contributed by atoms with van der Waals surface area (Å²) in [6.07, 6.45) is 1.67. The van der Waals surface area contributed by atoms with Gasteiger partial charge in [-0.05, 0) is 26.2 Å². The van der Waals surface area contributed by atoms with E-state index in [-0.39, 0.29) is 12.0 Å². The van der Waals surface area contributed by atoms with Gasteiger partial charge in [0.25, 0.3) is 5.91 Å². The Hall–Kier alpha value is -1.47. The van der Waals surface area contributed by atoms with Crippen LogP contribution in [-0.2, 0) is 9.53 Å². The van der Waals surface area contributed by atoms with E-state index >= 15 is 0 Å². The molecule has 118 valence electrons. The lowest BCUT2D eigenvalue weighted by Gasteiger charge is -2.15. The van der Waals surface area contributed by atoms with E-state index in [1.807, 2.05) is 27.7 Å². The number of carbonyl (C=O) groups excluding carboxylic acids is 1. The molecule has 0 fully saturated rings. The summed E-state index contributed by atoms with van der Waals surface area (Å²) in [5, 5.41) is 12.4. The molecular weight excluding hydrogens is 292 g/mol. The number of carboxylic acid groups (broad SMARTS) is 1. The van der Waals surface area contributed by atoms with Crippen LogP contribution in [0.5, 0.6) is 0 Å². The lowest BCUT2D eigenvalue weighted by atomic mass is 10.0. The lowest BCUT2D eigenvalue weighted by molar-refractivity contribution is -0.139. The maximum Gasteiger partial charge on any atom is 0.326 e. The normalized spacial score (nSPS) is 14.0. The maximum absolute atomic E-state index is 12.1. The predicted molar refractivity (Wildman–Crippen MR) is 80.5 cm³/mol. The number of ether oxygens (including phenoxy) is 1. The molecule has 0 spiro atoms. The Kier molecular flexibility index (Phi) is 6.77. The van der Waals surface area contributed by atoms with Crippen molar-refractivity contribution < 1.29 is 19.4 Å². The first-order chi connectivity index (χ1) is 9.85. The summed E-state index contributed by atoms with van der Waals surface area (Å²) in [7, 11) is 0. The van der Waals surface area contributed by atoms with E-state index in [0.717, 1.165) is 0 Å². The molecule has 0 aromatic carbocycles. The molecule has 2 N–H and O–H groups in total. The summed E-state index contributed by atoms with van der Waals surface area (Å²) in [6, 6.07) is -0.882. The quantitative estimate of drug-likeness (QED) is 0.769. The Balaban J connectivity index is 2.72. The van der Waals surface area contributed by atoms with Crippen molar-refractivity contribution >= 4 is 23.2 Å². The lowest BCUT2D eigenvalue weighted by Crippen LogP contribution is -2.41. The SMILES string of the molecule is CCOC(C)c1ncc(C(=O)NC(CC(C)C)C(=O)O)s1. The predicted octanol–water partition coefficient (Wildman–Crippen LogP) is 2.47. The molecule has 7 heteroatoms. The van der Waals surface area contributed by atoms with Crippen LogP contribution in [0.25, 0.3) is 0 Å². The minimum atomic E-state index is -1.02. The van der Waals surface area contributed by atoms with Crippen LogP contribution in [0, 0.1) is 5.92 Å². The van der Waals surface area contributed by atoms with Crippen molar-refractivity contribution in [3.05, 3.63) is 16.1 Å². The molecule has 0 bridgehead atoms. The van der Waals surface area contributed by atoms with Crippen molar-refractivity contribution in [2.45, 2.75) is 46.3 Å². The molecule has 0 aliphatic heterocycles. The van der Waals surface area contributed by atoms with Gasteiger partial charge in [-0.2, -0.15) is 0 Å². The third-order valence-corrected chi connectivity index (χ3v) is 3.98. The largest absolute Gasteiger partial charge is 0.480 e. The van der Waals surface area contributed by atoms with Crippen molar-refractivity contribution in [1.29, 1.82) is 0 Å². The minimum Gasteiger partial charge on any atom is -0.480 e. The summed E-state index contributed by atoms with van der Waals surface area (Å²) in [5.74, 6) is -1.25. The van der Waals surface area contributed by atoms with Gasteiger partial charge in [-0.1, -0.05) is 13.8 Å². The van der Waals surface area contributed by atoms with Crippen molar-refractivity contribution in [3.8, 4) is 0 Å². The summed E-state index contributed by atoms with van der Waals surface area (Å²) in [5.41, 5.74) is 0. The molecule has 1 aromatic heterocycles. The number of nitrogens with zero attached hydrogens (tertiary/aromatic N) is 1. The van der Waals surface area contributed by atoms with Gasteiger partial charge in [-0.15, -0.1) is 11.3 Å². The van der Waals surface area contributed by atoms with E-state index in [1.54, 1.807) is 0 Å². The second-order valence-electron chi connectivity index (χ2n) is 5.15.